The number of likely N-dealkylation sites (tertiary alicyclic amines) is 1. The molecule has 52 heavy (non-hydrogen) atoms. The summed E-state index contributed by atoms with van der Waals surface area (Å²) >= 11 is 0. The van der Waals surface area contributed by atoms with E-state index in [9.17, 15) is 29.1 Å². The van der Waals surface area contributed by atoms with Gasteiger partial charge in [-0.25, -0.2) is 14.4 Å². The summed E-state index contributed by atoms with van der Waals surface area (Å²) in [5, 5.41) is 20.2. The number of unbranched alkanes of at least 4 members (excludes halogenated alkanes) is 1. The van der Waals surface area contributed by atoms with Crippen molar-refractivity contribution in [1.29, 1.82) is 0 Å². The van der Waals surface area contributed by atoms with Gasteiger partial charge >= 0.3 is 18.0 Å². The summed E-state index contributed by atoms with van der Waals surface area (Å²) in [4.78, 5) is 65.3. The Morgan fingerprint density at radius 1 is 1.10 bits per heavy atom. The van der Waals surface area contributed by atoms with E-state index in [2.05, 4.69) is 20.9 Å². The van der Waals surface area contributed by atoms with E-state index < -0.39 is 70.8 Å². The van der Waals surface area contributed by atoms with Crippen LogP contribution in [0.1, 0.15) is 84.8 Å². The lowest BCUT2D eigenvalue weighted by Gasteiger charge is -2.61. The van der Waals surface area contributed by atoms with Gasteiger partial charge in [-0.15, -0.1) is 0 Å². The molecule has 2 bridgehead atoms. The lowest BCUT2D eigenvalue weighted by molar-refractivity contribution is -0.176. The van der Waals surface area contributed by atoms with Crippen LogP contribution in [-0.4, -0.2) is 109 Å². The third-order valence-corrected chi connectivity index (χ3v) is 10.4. The number of methoxy groups -OCH3 is 1. The van der Waals surface area contributed by atoms with E-state index in [4.69, 9.17) is 23.7 Å². The fraction of sp³-hybridized carbons (Fsp3) is 0.649. The van der Waals surface area contributed by atoms with Crippen LogP contribution < -0.4 is 25.4 Å². The molecule has 2 heterocycles. The molecule has 0 radical (unpaired) electrons. The van der Waals surface area contributed by atoms with Crippen molar-refractivity contribution in [2.75, 3.05) is 27.2 Å². The maximum Gasteiger partial charge on any atom is 0.407 e. The van der Waals surface area contributed by atoms with E-state index in [1.165, 1.54) is 20.8 Å². The molecule has 0 aromatic heterocycles. The van der Waals surface area contributed by atoms with E-state index in [0.29, 0.717) is 50.3 Å². The smallest absolute Gasteiger partial charge is 0.407 e. The summed E-state index contributed by atoms with van der Waals surface area (Å²) in [5.74, 6) is -1.46. The van der Waals surface area contributed by atoms with Crippen molar-refractivity contribution in [1.82, 2.24) is 20.9 Å². The van der Waals surface area contributed by atoms with Crippen molar-refractivity contribution in [2.24, 2.45) is 0 Å². The van der Waals surface area contributed by atoms with Gasteiger partial charge in [0.1, 0.15) is 23.4 Å². The monoisotopic (exact) mass is 728 g/mol. The Morgan fingerprint density at radius 2 is 1.83 bits per heavy atom. The molecule has 0 saturated carbocycles. The van der Waals surface area contributed by atoms with Gasteiger partial charge in [-0.2, -0.15) is 0 Å². The lowest BCUT2D eigenvalue weighted by atomic mass is 9.50. The van der Waals surface area contributed by atoms with Gasteiger partial charge in [-0.3, -0.25) is 9.59 Å². The van der Waals surface area contributed by atoms with Gasteiger partial charge in [0.15, 0.2) is 23.7 Å². The van der Waals surface area contributed by atoms with E-state index in [-0.39, 0.29) is 24.6 Å². The zero-order chi connectivity index (χ0) is 38.2. The largest absolute Gasteiger partial charge is 0.493 e. The minimum Gasteiger partial charge on any atom is -0.493 e. The molecule has 15 nitrogen and oxygen atoms in total. The highest BCUT2D eigenvalue weighted by Crippen LogP contribution is 2.65. The molecule has 286 valence electrons. The fourth-order valence-corrected chi connectivity index (χ4v) is 7.98. The summed E-state index contributed by atoms with van der Waals surface area (Å²) < 4.78 is 28.6. The number of likely N-dealkylation sites (N-methyl/N-ethyl adjacent to an activating group) is 1. The number of rotatable bonds is 13. The Kier molecular flexibility index (Phi) is 11.2. The molecule has 1 fully saturated rings. The lowest BCUT2D eigenvalue weighted by Crippen LogP contribution is -2.74. The third-order valence-electron chi connectivity index (χ3n) is 10.4. The van der Waals surface area contributed by atoms with Crippen LogP contribution in [0.25, 0.3) is 0 Å². The first-order valence-electron chi connectivity index (χ1n) is 17.9. The minimum atomic E-state index is -1.35. The molecule has 7 atom stereocenters. The molecule has 4 aliphatic rings. The topological polar surface area (TPSA) is 191 Å². The number of nitrogens with one attached hydrogen (secondary N) is 3. The number of hydrogen-bond acceptors (Lipinski definition) is 12. The fourth-order valence-electron chi connectivity index (χ4n) is 7.98. The van der Waals surface area contributed by atoms with Crippen molar-refractivity contribution in [3.8, 4) is 11.5 Å². The average molecular weight is 729 g/mol. The number of nitrogens with zero attached hydrogens (tertiary/aromatic N) is 1. The van der Waals surface area contributed by atoms with Gasteiger partial charge in [-0.1, -0.05) is 6.07 Å². The van der Waals surface area contributed by atoms with Crippen molar-refractivity contribution >= 4 is 29.8 Å². The Labute approximate surface area is 304 Å². The van der Waals surface area contributed by atoms with Crippen LogP contribution >= 0.6 is 0 Å². The van der Waals surface area contributed by atoms with Crippen molar-refractivity contribution in [3.63, 3.8) is 0 Å². The summed E-state index contributed by atoms with van der Waals surface area (Å²) in [7, 11) is 3.56. The predicted molar refractivity (Wildman–Crippen MR) is 186 cm³/mol. The molecule has 3 amide bonds. The quantitative estimate of drug-likeness (QED) is 0.132. The molecule has 4 N–H and O–H groups in total. The number of aliphatic hydroxyl groups is 1. The molecule has 1 unspecified atom stereocenters. The number of ether oxygens (including phenoxy) is 5. The van der Waals surface area contributed by atoms with Crippen LogP contribution in [0.3, 0.4) is 0 Å². The number of carbonyl (C=O) groups is 5. The summed E-state index contributed by atoms with van der Waals surface area (Å²) in [5.41, 5.74) is -0.725. The van der Waals surface area contributed by atoms with Crippen molar-refractivity contribution in [3.05, 3.63) is 35.1 Å². The van der Waals surface area contributed by atoms with Crippen molar-refractivity contribution in [2.45, 2.75) is 127 Å². The molecular weight excluding hydrogens is 676 g/mol. The van der Waals surface area contributed by atoms with E-state index in [0.717, 1.165) is 11.1 Å². The summed E-state index contributed by atoms with van der Waals surface area (Å²) in [6, 6.07) is 1.59. The Bertz CT molecular complexity index is 1620. The standard InChI is InChI=1S/C37H52N4O11/c1-20(39-31(43)24(40-22(3)42)11-9-10-17-38-34(46)52-35(4,5)6)32(44)49-21(2)33(45)50-26-14-15-37(47)27-19-23-12-13-25(48-8)29-28(23)36(37,30(26)51-29)16-18-41(27)7/h12-14,20-21,24,27,30,47H,9-11,15-19H2,1-8H3,(H,38,46)(H,39,43)(H,40,42)/t20-,21?,24-,27+,30-,36-,37+/m0/s1. The number of carbonyl (C=O) groups excluding carboxylic acids is 5. The molecule has 1 saturated heterocycles. The van der Waals surface area contributed by atoms with Crippen LogP contribution in [-0.2, 0) is 45.2 Å². The van der Waals surface area contributed by atoms with Gasteiger partial charge in [0.25, 0.3) is 0 Å². The van der Waals surface area contributed by atoms with Gasteiger partial charge < -0.3 is 49.6 Å². The second-order valence-corrected chi connectivity index (χ2v) is 15.2. The summed E-state index contributed by atoms with van der Waals surface area (Å²) in [6.07, 6.45) is 1.65. The third kappa shape index (κ3) is 7.43. The zero-order valence-corrected chi connectivity index (χ0v) is 31.3. The van der Waals surface area contributed by atoms with Crippen LogP contribution in [0.15, 0.2) is 24.0 Å². The number of esters is 2. The maximum absolute atomic E-state index is 13.4. The van der Waals surface area contributed by atoms with Crippen LogP contribution in [0, 0.1) is 0 Å². The number of alkyl carbamates (subject to hydrolysis) is 1. The number of hydrogen-bond donors (Lipinski definition) is 4. The molecule has 15 heteroatoms. The highest BCUT2D eigenvalue weighted by atomic mass is 16.6. The van der Waals surface area contributed by atoms with Crippen LogP contribution in [0.4, 0.5) is 4.79 Å². The molecule has 2 aliphatic carbocycles. The summed E-state index contributed by atoms with van der Waals surface area (Å²) in [6.45, 7) is 10.4. The van der Waals surface area contributed by atoms with E-state index in [1.54, 1.807) is 34.0 Å². The predicted octanol–water partition coefficient (Wildman–Crippen LogP) is 2.15. The second kappa shape index (κ2) is 14.9. The zero-order valence-electron chi connectivity index (χ0n) is 31.3. The van der Waals surface area contributed by atoms with E-state index in [1.807, 2.05) is 19.2 Å². The number of amides is 3. The highest BCUT2D eigenvalue weighted by Gasteiger charge is 2.72. The first-order valence-corrected chi connectivity index (χ1v) is 17.9. The molecule has 1 spiro atoms. The molecule has 5 rings (SSSR count). The highest BCUT2D eigenvalue weighted by molar-refractivity contribution is 5.90. The number of benzene rings is 1. The average Bonchev–Trinajstić information content (AvgIpc) is 3.41. The normalized spacial score (nSPS) is 25.9. The Hall–Kier alpha value is -4.37. The van der Waals surface area contributed by atoms with E-state index >= 15 is 0 Å². The van der Waals surface area contributed by atoms with Crippen molar-refractivity contribution < 1.29 is 52.8 Å². The SMILES string of the molecule is COc1ccc2c3c1O[C@H]1C(OC(=O)C(C)OC(=O)[C@H](C)NC(=O)[C@H](CCCCNC(=O)OC(C)(C)C)NC(C)=O)=CC[C@@]4(O)[C@@H](C2)N(C)CC[C@]314. The molecular formula is C37H52N4O11. The van der Waals surface area contributed by atoms with Crippen LogP contribution in [0.5, 0.6) is 11.5 Å². The first kappa shape index (κ1) is 38.9. The van der Waals surface area contributed by atoms with Gasteiger partial charge in [-0.05, 0) is 98.0 Å². The molecule has 2 aliphatic heterocycles. The molecule has 1 aromatic rings. The first-order chi connectivity index (χ1) is 24.4. The van der Waals surface area contributed by atoms with Crippen LogP contribution in [0.2, 0.25) is 0 Å². The van der Waals surface area contributed by atoms with Gasteiger partial charge in [0.2, 0.25) is 11.8 Å². The Morgan fingerprint density at radius 3 is 2.50 bits per heavy atom. The minimum absolute atomic E-state index is 0.171. The molecule has 1 aromatic carbocycles. The van der Waals surface area contributed by atoms with Gasteiger partial charge in [0.05, 0.1) is 18.1 Å². The Balaban J connectivity index is 1.18. The second-order valence-electron chi connectivity index (χ2n) is 15.2. The number of piperidine rings is 1. The maximum atomic E-state index is 13.4. The van der Waals surface area contributed by atoms with Gasteiger partial charge in [0, 0.05) is 31.5 Å².